The fourth-order valence-corrected chi connectivity index (χ4v) is 4.72. The van der Waals surface area contributed by atoms with Crippen LogP contribution in [-0.4, -0.2) is 47.3 Å². The number of carbonyl (C=O) groups excluding carboxylic acids is 2. The van der Waals surface area contributed by atoms with Gasteiger partial charge in [0.05, 0.1) is 4.88 Å². The van der Waals surface area contributed by atoms with Crippen molar-refractivity contribution in [2.45, 2.75) is 31.7 Å². The third-order valence-electron chi connectivity index (χ3n) is 4.87. The van der Waals surface area contributed by atoms with Crippen molar-refractivity contribution in [2.24, 2.45) is 0 Å². The van der Waals surface area contributed by atoms with Gasteiger partial charge in [-0.1, -0.05) is 18.2 Å². The summed E-state index contributed by atoms with van der Waals surface area (Å²) >= 11 is 1.56. The number of fused-ring (bicyclic) bond motifs is 1. The number of thiophene rings is 1. The molecule has 1 aromatic carbocycles. The summed E-state index contributed by atoms with van der Waals surface area (Å²) in [5.41, 5.74) is 0. The number of likely N-dealkylation sites (tertiary alicyclic amines) is 2. The number of rotatable bonds is 2. The monoisotopic (exact) mass is 328 g/mol. The summed E-state index contributed by atoms with van der Waals surface area (Å²) in [6.45, 7) is 2.33. The first-order chi connectivity index (χ1) is 11.2. The highest BCUT2D eigenvalue weighted by molar-refractivity contribution is 7.20. The minimum atomic E-state index is 0.113. The summed E-state index contributed by atoms with van der Waals surface area (Å²) in [6, 6.07) is 10.3. The molecule has 2 aliphatic heterocycles. The number of hydrogen-bond donors (Lipinski definition) is 0. The fourth-order valence-electron chi connectivity index (χ4n) is 3.69. The average Bonchev–Trinajstić information content (AvgIpc) is 3.20. The van der Waals surface area contributed by atoms with Gasteiger partial charge in [-0.25, -0.2) is 0 Å². The smallest absolute Gasteiger partial charge is 0.264 e. The third kappa shape index (κ3) is 2.74. The maximum absolute atomic E-state index is 12.8. The van der Waals surface area contributed by atoms with Crippen LogP contribution in [-0.2, 0) is 4.79 Å². The number of amides is 2. The average molecular weight is 328 g/mol. The molecule has 0 spiro atoms. The van der Waals surface area contributed by atoms with Crippen molar-refractivity contribution in [1.29, 1.82) is 0 Å². The third-order valence-corrected chi connectivity index (χ3v) is 5.97. The van der Waals surface area contributed by atoms with Gasteiger partial charge < -0.3 is 9.80 Å². The van der Waals surface area contributed by atoms with Gasteiger partial charge in [-0.05, 0) is 36.8 Å². The van der Waals surface area contributed by atoms with Gasteiger partial charge >= 0.3 is 0 Å². The molecular weight excluding hydrogens is 308 g/mol. The van der Waals surface area contributed by atoms with Gasteiger partial charge in [-0.2, -0.15) is 0 Å². The second kappa shape index (κ2) is 5.96. The summed E-state index contributed by atoms with van der Waals surface area (Å²) < 4.78 is 1.15. The van der Waals surface area contributed by atoms with E-state index in [1.807, 2.05) is 34.1 Å². The normalized spacial score (nSPS) is 22.1. The van der Waals surface area contributed by atoms with Crippen LogP contribution in [0, 0.1) is 0 Å². The van der Waals surface area contributed by atoms with Crippen molar-refractivity contribution in [3.8, 4) is 0 Å². The van der Waals surface area contributed by atoms with Crippen LogP contribution in [0.5, 0.6) is 0 Å². The van der Waals surface area contributed by atoms with Gasteiger partial charge in [0.2, 0.25) is 5.91 Å². The van der Waals surface area contributed by atoms with E-state index in [1.165, 1.54) is 0 Å². The van der Waals surface area contributed by atoms with E-state index >= 15 is 0 Å². The number of hydrogen-bond acceptors (Lipinski definition) is 3. The standard InChI is InChI=1S/C18H20N2O2S/c21-17-8-4-10-20(17)14-6-3-9-19(12-14)18(22)16-11-13-5-1-2-7-15(13)23-16/h1-2,5,7,11,14H,3-4,6,8-10,12H2/t14-/m0/s1. The first-order valence-electron chi connectivity index (χ1n) is 8.30. The van der Waals surface area contributed by atoms with Crippen LogP contribution in [0.4, 0.5) is 0 Å². The van der Waals surface area contributed by atoms with E-state index in [2.05, 4.69) is 6.07 Å². The molecule has 4 rings (SSSR count). The summed E-state index contributed by atoms with van der Waals surface area (Å²) in [6.07, 6.45) is 3.62. The molecule has 5 heteroatoms. The number of piperidine rings is 1. The van der Waals surface area contributed by atoms with Crippen LogP contribution < -0.4 is 0 Å². The second-order valence-corrected chi connectivity index (χ2v) is 7.47. The predicted molar refractivity (Wildman–Crippen MR) is 91.7 cm³/mol. The highest BCUT2D eigenvalue weighted by atomic mass is 32.1. The molecule has 1 atom stereocenters. The fraction of sp³-hybridized carbons (Fsp3) is 0.444. The molecule has 1 aromatic heterocycles. The first kappa shape index (κ1) is 14.7. The van der Waals surface area contributed by atoms with Gasteiger partial charge in [0.1, 0.15) is 0 Å². The first-order valence-corrected chi connectivity index (χ1v) is 9.11. The highest BCUT2D eigenvalue weighted by Crippen LogP contribution is 2.28. The summed E-state index contributed by atoms with van der Waals surface area (Å²) in [5, 5.41) is 1.13. The largest absolute Gasteiger partial charge is 0.338 e. The Kier molecular flexibility index (Phi) is 3.81. The molecule has 120 valence electrons. The maximum atomic E-state index is 12.8. The molecule has 0 N–H and O–H groups in total. The number of carbonyl (C=O) groups is 2. The molecule has 2 aliphatic rings. The van der Waals surface area contributed by atoms with E-state index in [0.29, 0.717) is 13.0 Å². The number of benzene rings is 1. The Bertz CT molecular complexity index is 721. The lowest BCUT2D eigenvalue weighted by molar-refractivity contribution is -0.130. The summed E-state index contributed by atoms with van der Waals surface area (Å²) in [7, 11) is 0. The molecule has 0 aliphatic carbocycles. The van der Waals surface area contributed by atoms with E-state index < -0.39 is 0 Å². The van der Waals surface area contributed by atoms with Crippen LogP contribution in [0.3, 0.4) is 0 Å². The Morgan fingerprint density at radius 2 is 2.04 bits per heavy atom. The zero-order valence-corrected chi connectivity index (χ0v) is 13.8. The molecule has 2 aromatic rings. The quantitative estimate of drug-likeness (QED) is 0.850. The minimum Gasteiger partial charge on any atom is -0.338 e. The zero-order valence-electron chi connectivity index (χ0n) is 13.0. The second-order valence-electron chi connectivity index (χ2n) is 6.39. The van der Waals surface area contributed by atoms with Crippen molar-refractivity contribution in [1.82, 2.24) is 9.80 Å². The molecule has 0 saturated carbocycles. The van der Waals surface area contributed by atoms with Crippen molar-refractivity contribution in [3.05, 3.63) is 35.2 Å². The van der Waals surface area contributed by atoms with Gasteiger partial charge in [0.15, 0.2) is 0 Å². The van der Waals surface area contributed by atoms with E-state index in [1.54, 1.807) is 11.3 Å². The summed E-state index contributed by atoms with van der Waals surface area (Å²) in [5.74, 6) is 0.369. The van der Waals surface area contributed by atoms with Gasteiger partial charge in [0, 0.05) is 36.8 Å². The van der Waals surface area contributed by atoms with Gasteiger partial charge in [0.25, 0.3) is 5.91 Å². The SMILES string of the molecule is O=C(c1cc2ccccc2s1)N1CCC[C@H](N2CCCC2=O)C1. The Hall–Kier alpha value is -1.88. The molecule has 3 heterocycles. The van der Waals surface area contributed by atoms with Crippen LogP contribution in [0.25, 0.3) is 10.1 Å². The Morgan fingerprint density at radius 3 is 2.83 bits per heavy atom. The minimum absolute atomic E-state index is 0.113. The molecule has 2 amide bonds. The lowest BCUT2D eigenvalue weighted by atomic mass is 10.0. The highest BCUT2D eigenvalue weighted by Gasteiger charge is 2.33. The predicted octanol–water partition coefficient (Wildman–Crippen LogP) is 3.13. The molecule has 2 saturated heterocycles. The topological polar surface area (TPSA) is 40.6 Å². The van der Waals surface area contributed by atoms with Crippen LogP contribution in [0.1, 0.15) is 35.4 Å². The van der Waals surface area contributed by atoms with Crippen molar-refractivity contribution >= 4 is 33.2 Å². The van der Waals surface area contributed by atoms with E-state index in [9.17, 15) is 9.59 Å². The molecule has 0 bridgehead atoms. The maximum Gasteiger partial charge on any atom is 0.264 e. The number of nitrogens with zero attached hydrogens (tertiary/aromatic N) is 2. The van der Waals surface area contributed by atoms with Gasteiger partial charge in [-0.15, -0.1) is 11.3 Å². The lowest BCUT2D eigenvalue weighted by Gasteiger charge is -2.37. The Labute approximate surface area is 139 Å². The molecular formula is C18H20N2O2S. The van der Waals surface area contributed by atoms with Crippen molar-refractivity contribution in [2.75, 3.05) is 19.6 Å². The molecule has 23 heavy (non-hydrogen) atoms. The van der Waals surface area contributed by atoms with Gasteiger partial charge in [-0.3, -0.25) is 9.59 Å². The van der Waals surface area contributed by atoms with Crippen LogP contribution in [0.15, 0.2) is 30.3 Å². The Balaban J connectivity index is 1.52. The van der Waals surface area contributed by atoms with E-state index in [-0.39, 0.29) is 17.9 Å². The van der Waals surface area contributed by atoms with Crippen molar-refractivity contribution < 1.29 is 9.59 Å². The molecule has 4 nitrogen and oxygen atoms in total. The summed E-state index contributed by atoms with van der Waals surface area (Å²) in [4.78, 5) is 29.5. The zero-order chi connectivity index (χ0) is 15.8. The molecule has 0 radical (unpaired) electrons. The molecule has 2 fully saturated rings. The van der Waals surface area contributed by atoms with Crippen molar-refractivity contribution in [3.63, 3.8) is 0 Å². The lowest BCUT2D eigenvalue weighted by Crippen LogP contribution is -2.50. The molecule has 0 unspecified atom stereocenters. The van der Waals surface area contributed by atoms with E-state index in [4.69, 9.17) is 0 Å². The van der Waals surface area contributed by atoms with Crippen LogP contribution in [0.2, 0.25) is 0 Å². The van der Waals surface area contributed by atoms with Crippen LogP contribution >= 0.6 is 11.3 Å². The Morgan fingerprint density at radius 1 is 1.17 bits per heavy atom. The van der Waals surface area contributed by atoms with E-state index in [0.717, 1.165) is 47.3 Å².